The van der Waals surface area contributed by atoms with Crippen LogP contribution < -0.4 is 9.47 Å². The Labute approximate surface area is 175 Å². The third-order valence-electron chi connectivity index (χ3n) is 5.00. The number of carbonyl (C=O) groups is 1. The van der Waals surface area contributed by atoms with Gasteiger partial charge in [-0.15, -0.1) is 0 Å². The minimum Gasteiger partial charge on any atom is -0.487 e. The first-order valence-electron chi connectivity index (χ1n) is 10.5. The van der Waals surface area contributed by atoms with Crippen molar-refractivity contribution in [2.75, 3.05) is 66.1 Å². The van der Waals surface area contributed by atoms with Gasteiger partial charge in [0.25, 0.3) is 0 Å². The molecule has 0 spiro atoms. The molecule has 1 aliphatic heterocycles. The maximum absolute atomic E-state index is 12.4. The maximum atomic E-state index is 12.4. The maximum Gasteiger partial charge on any atom is 0.167 e. The molecule has 0 radical (unpaired) electrons. The summed E-state index contributed by atoms with van der Waals surface area (Å²) in [4.78, 5) is 12.4. The topological polar surface area (TPSA) is 85.6 Å². The van der Waals surface area contributed by atoms with Crippen LogP contribution in [0.4, 0.5) is 0 Å². The van der Waals surface area contributed by atoms with Crippen molar-refractivity contribution in [2.24, 2.45) is 0 Å². The van der Waals surface area contributed by atoms with Gasteiger partial charge in [-0.2, -0.15) is 0 Å². The zero-order valence-electron chi connectivity index (χ0n) is 17.1. The minimum atomic E-state index is 0.120. The van der Waals surface area contributed by atoms with Crippen molar-refractivity contribution in [3.8, 4) is 11.5 Å². The minimum absolute atomic E-state index is 0.120. The van der Waals surface area contributed by atoms with Crippen LogP contribution in [-0.2, 0) is 25.4 Å². The number of hydrogen-bond acceptors (Lipinski definition) is 8. The van der Waals surface area contributed by atoms with Crippen LogP contribution in [0.1, 0.15) is 29.0 Å². The molecule has 0 atom stereocenters. The summed E-state index contributed by atoms with van der Waals surface area (Å²) < 4.78 is 39.8. The summed E-state index contributed by atoms with van der Waals surface area (Å²) in [5.41, 5.74) is 1.32. The SMILES string of the molecule is O=C1CCCc2oc3cc4c(cc3c21)OCCOCCOCCOCCOCCO4. The number of ketones is 1. The zero-order chi connectivity index (χ0) is 20.6. The lowest BCUT2D eigenvalue weighted by molar-refractivity contribution is -0.00840. The second-order valence-electron chi connectivity index (χ2n) is 7.12. The third-order valence-corrected chi connectivity index (χ3v) is 5.00. The highest BCUT2D eigenvalue weighted by Gasteiger charge is 2.26. The summed E-state index contributed by atoms with van der Waals surface area (Å²) in [5.74, 6) is 2.00. The van der Waals surface area contributed by atoms with Crippen molar-refractivity contribution < 1.29 is 37.6 Å². The highest BCUT2D eigenvalue weighted by Crippen LogP contribution is 2.39. The molecule has 1 aromatic heterocycles. The Morgan fingerprint density at radius 1 is 0.633 bits per heavy atom. The Kier molecular flexibility index (Phi) is 7.58. The van der Waals surface area contributed by atoms with Crippen molar-refractivity contribution in [1.82, 2.24) is 0 Å². The number of benzene rings is 1. The molecule has 0 bridgehead atoms. The second kappa shape index (κ2) is 10.8. The van der Waals surface area contributed by atoms with Gasteiger partial charge in [-0.05, 0) is 12.5 Å². The Morgan fingerprint density at radius 3 is 1.77 bits per heavy atom. The number of aryl methyl sites for hydroxylation is 1. The van der Waals surface area contributed by atoms with Crippen molar-refractivity contribution in [2.45, 2.75) is 19.3 Å². The molecule has 0 saturated carbocycles. The van der Waals surface area contributed by atoms with Crippen LogP contribution in [0.25, 0.3) is 11.0 Å². The van der Waals surface area contributed by atoms with E-state index in [1.807, 2.05) is 6.07 Å². The summed E-state index contributed by atoms with van der Waals surface area (Å²) in [5, 5.41) is 0.780. The molecule has 4 rings (SSSR count). The number of hydrogen-bond donors (Lipinski definition) is 0. The van der Waals surface area contributed by atoms with E-state index >= 15 is 0 Å². The first-order valence-corrected chi connectivity index (χ1v) is 10.5. The summed E-state index contributed by atoms with van der Waals surface area (Å²) >= 11 is 0. The van der Waals surface area contributed by atoms with Gasteiger partial charge in [0.2, 0.25) is 0 Å². The van der Waals surface area contributed by atoms with E-state index in [0.29, 0.717) is 95.1 Å². The van der Waals surface area contributed by atoms with Crippen molar-refractivity contribution >= 4 is 16.8 Å². The molecule has 0 N–H and O–H groups in total. The van der Waals surface area contributed by atoms with Gasteiger partial charge in [-0.1, -0.05) is 0 Å². The summed E-state index contributed by atoms with van der Waals surface area (Å²) in [6.07, 6.45) is 2.14. The van der Waals surface area contributed by atoms with Crippen LogP contribution in [0.5, 0.6) is 11.5 Å². The number of fused-ring (bicyclic) bond motifs is 4. The number of furan rings is 1. The number of carbonyl (C=O) groups excluding carboxylic acids is 1. The summed E-state index contributed by atoms with van der Waals surface area (Å²) in [6, 6.07) is 3.64. The number of rotatable bonds is 0. The van der Waals surface area contributed by atoms with Gasteiger partial charge in [-0.25, -0.2) is 0 Å². The molecule has 8 nitrogen and oxygen atoms in total. The molecule has 2 aliphatic rings. The average molecular weight is 420 g/mol. The van der Waals surface area contributed by atoms with E-state index in [4.69, 9.17) is 32.8 Å². The van der Waals surface area contributed by atoms with Gasteiger partial charge >= 0.3 is 0 Å². The number of ether oxygens (including phenoxy) is 6. The molecule has 2 aromatic rings. The predicted molar refractivity (Wildman–Crippen MR) is 108 cm³/mol. The van der Waals surface area contributed by atoms with Gasteiger partial charge in [-0.3, -0.25) is 4.79 Å². The van der Waals surface area contributed by atoms with E-state index < -0.39 is 0 Å². The van der Waals surface area contributed by atoms with Crippen LogP contribution >= 0.6 is 0 Å². The highest BCUT2D eigenvalue weighted by atomic mass is 16.6. The van der Waals surface area contributed by atoms with Gasteiger partial charge in [0.15, 0.2) is 17.3 Å². The quantitative estimate of drug-likeness (QED) is 0.643. The zero-order valence-corrected chi connectivity index (χ0v) is 17.1. The molecular weight excluding hydrogens is 392 g/mol. The fourth-order valence-electron chi connectivity index (χ4n) is 3.58. The molecule has 1 aromatic carbocycles. The van der Waals surface area contributed by atoms with Gasteiger partial charge in [0.1, 0.15) is 24.6 Å². The molecule has 0 fully saturated rings. The fraction of sp³-hybridized carbons (Fsp3) is 0.591. The molecule has 30 heavy (non-hydrogen) atoms. The highest BCUT2D eigenvalue weighted by molar-refractivity contribution is 6.09. The molecule has 0 saturated heterocycles. The summed E-state index contributed by atoms with van der Waals surface area (Å²) in [6.45, 7) is 4.60. The van der Waals surface area contributed by atoms with E-state index in [0.717, 1.165) is 24.0 Å². The molecule has 0 unspecified atom stereocenters. The van der Waals surface area contributed by atoms with Crippen LogP contribution in [0.2, 0.25) is 0 Å². The van der Waals surface area contributed by atoms with E-state index in [1.165, 1.54) is 0 Å². The molecule has 8 heteroatoms. The molecular formula is C22H28O8. The van der Waals surface area contributed by atoms with Gasteiger partial charge in [0.05, 0.1) is 58.4 Å². The van der Waals surface area contributed by atoms with E-state index in [2.05, 4.69) is 0 Å². The van der Waals surface area contributed by atoms with E-state index in [1.54, 1.807) is 6.07 Å². The van der Waals surface area contributed by atoms with Crippen LogP contribution in [-0.4, -0.2) is 71.9 Å². The Bertz CT molecular complexity index is 843. The molecule has 1 aliphatic carbocycles. The Balaban J connectivity index is 1.51. The van der Waals surface area contributed by atoms with E-state index in [9.17, 15) is 4.79 Å². The largest absolute Gasteiger partial charge is 0.487 e. The van der Waals surface area contributed by atoms with Crippen molar-refractivity contribution in [3.63, 3.8) is 0 Å². The van der Waals surface area contributed by atoms with Crippen molar-refractivity contribution in [3.05, 3.63) is 23.5 Å². The smallest absolute Gasteiger partial charge is 0.167 e. The van der Waals surface area contributed by atoms with Crippen LogP contribution in [0.3, 0.4) is 0 Å². The first-order chi connectivity index (χ1) is 14.8. The average Bonchev–Trinajstić information content (AvgIpc) is 3.11. The lowest BCUT2D eigenvalue weighted by atomic mass is 9.94. The van der Waals surface area contributed by atoms with Crippen LogP contribution in [0, 0.1) is 0 Å². The van der Waals surface area contributed by atoms with Gasteiger partial charge < -0.3 is 32.8 Å². The second-order valence-corrected chi connectivity index (χ2v) is 7.12. The Morgan fingerprint density at radius 2 is 1.17 bits per heavy atom. The molecule has 2 heterocycles. The van der Waals surface area contributed by atoms with Crippen molar-refractivity contribution in [1.29, 1.82) is 0 Å². The Hall–Kier alpha value is -2.13. The first kappa shape index (κ1) is 21.1. The fourth-order valence-corrected chi connectivity index (χ4v) is 3.58. The molecule has 0 amide bonds. The molecule has 164 valence electrons. The van der Waals surface area contributed by atoms with Crippen LogP contribution in [0.15, 0.2) is 16.5 Å². The lowest BCUT2D eigenvalue weighted by Gasteiger charge is -2.14. The number of Topliss-reactive ketones (excluding diaryl/α,β-unsaturated/α-hetero) is 1. The van der Waals surface area contributed by atoms with E-state index in [-0.39, 0.29) is 5.78 Å². The summed E-state index contributed by atoms with van der Waals surface area (Å²) in [7, 11) is 0. The predicted octanol–water partition coefficient (Wildman–Crippen LogP) is 2.79. The monoisotopic (exact) mass is 420 g/mol. The van der Waals surface area contributed by atoms with Gasteiger partial charge in [0, 0.05) is 24.3 Å². The standard InChI is InChI=1S/C22H28O8/c23-17-2-1-3-18-22(17)16-14-20-21(15-19(16)30-18)29-13-11-27-9-7-25-5-4-24-6-8-26-10-12-28-20/h14-15H,1-13H2. The third kappa shape index (κ3) is 5.31. The lowest BCUT2D eigenvalue weighted by Crippen LogP contribution is -2.16. The normalized spacial score (nSPS) is 20.3.